The minimum absolute atomic E-state index is 0.0135. The molecule has 1 atom stereocenters. The number of aryl methyl sites for hydroxylation is 1. The number of benzene rings is 1. The van der Waals surface area contributed by atoms with Crippen molar-refractivity contribution in [3.8, 4) is 0 Å². The summed E-state index contributed by atoms with van der Waals surface area (Å²) in [6.45, 7) is 3.04. The molecule has 0 radical (unpaired) electrons. The Kier molecular flexibility index (Phi) is 5.24. The Morgan fingerprint density at radius 2 is 2.19 bits per heavy atom. The van der Waals surface area contributed by atoms with Crippen LogP contribution >= 0.6 is 11.6 Å². The SMILES string of the molecule is Cc1ccc(C(=O)N2CCC[C@H](c3[nH]ncc3NS(C)(=O)=O)C2)cc1Cl. The number of carbonyl (C=O) groups is 1. The van der Waals surface area contributed by atoms with E-state index in [1.807, 2.05) is 13.0 Å². The van der Waals surface area contributed by atoms with Gasteiger partial charge in [0.2, 0.25) is 10.0 Å². The zero-order valence-electron chi connectivity index (χ0n) is 14.6. The van der Waals surface area contributed by atoms with E-state index in [1.54, 1.807) is 17.0 Å². The molecular formula is C17H21ClN4O3S. The number of halogens is 1. The number of rotatable bonds is 4. The third-order valence-electron chi connectivity index (χ3n) is 4.50. The number of likely N-dealkylation sites (tertiary alicyclic amines) is 1. The number of hydrogen-bond acceptors (Lipinski definition) is 4. The van der Waals surface area contributed by atoms with Gasteiger partial charge in [-0.15, -0.1) is 0 Å². The van der Waals surface area contributed by atoms with Crippen molar-refractivity contribution >= 4 is 33.2 Å². The molecule has 9 heteroatoms. The van der Waals surface area contributed by atoms with Gasteiger partial charge in [0.1, 0.15) is 0 Å². The van der Waals surface area contributed by atoms with Gasteiger partial charge in [0.25, 0.3) is 5.91 Å². The molecule has 2 N–H and O–H groups in total. The number of anilines is 1. The van der Waals surface area contributed by atoms with Crippen LogP contribution in [0.4, 0.5) is 5.69 Å². The minimum atomic E-state index is -3.40. The van der Waals surface area contributed by atoms with Crippen LogP contribution in [0.15, 0.2) is 24.4 Å². The molecule has 0 unspecified atom stereocenters. The molecule has 1 aliphatic rings. The number of aromatic nitrogens is 2. The highest BCUT2D eigenvalue weighted by atomic mass is 35.5. The molecule has 1 aliphatic heterocycles. The number of hydrogen-bond donors (Lipinski definition) is 2. The normalized spacial score (nSPS) is 18.0. The predicted molar refractivity (Wildman–Crippen MR) is 101 cm³/mol. The fourth-order valence-corrected chi connectivity index (χ4v) is 3.94. The van der Waals surface area contributed by atoms with Crippen LogP contribution in [0.2, 0.25) is 5.02 Å². The molecule has 0 spiro atoms. The van der Waals surface area contributed by atoms with Gasteiger partial charge in [0.15, 0.2) is 0 Å². The molecule has 140 valence electrons. The molecule has 2 aromatic rings. The molecule has 7 nitrogen and oxygen atoms in total. The Labute approximate surface area is 157 Å². The monoisotopic (exact) mass is 396 g/mol. The van der Waals surface area contributed by atoms with E-state index >= 15 is 0 Å². The smallest absolute Gasteiger partial charge is 0.253 e. The molecule has 1 fully saturated rings. The van der Waals surface area contributed by atoms with E-state index in [0.29, 0.717) is 35.1 Å². The fraction of sp³-hybridized carbons (Fsp3) is 0.412. The van der Waals surface area contributed by atoms with E-state index in [2.05, 4.69) is 14.9 Å². The van der Waals surface area contributed by atoms with Gasteiger partial charge >= 0.3 is 0 Å². The van der Waals surface area contributed by atoms with E-state index < -0.39 is 10.0 Å². The lowest BCUT2D eigenvalue weighted by Gasteiger charge is -2.32. The number of nitrogens with one attached hydrogen (secondary N) is 2. The van der Waals surface area contributed by atoms with Crippen LogP contribution in [-0.2, 0) is 10.0 Å². The summed E-state index contributed by atoms with van der Waals surface area (Å²) >= 11 is 6.14. The van der Waals surface area contributed by atoms with Crippen LogP contribution in [0.5, 0.6) is 0 Å². The highest BCUT2D eigenvalue weighted by Crippen LogP contribution is 2.31. The summed E-state index contributed by atoms with van der Waals surface area (Å²) in [4.78, 5) is 14.6. The van der Waals surface area contributed by atoms with Crippen molar-refractivity contribution < 1.29 is 13.2 Å². The van der Waals surface area contributed by atoms with Crippen LogP contribution < -0.4 is 4.72 Å². The summed E-state index contributed by atoms with van der Waals surface area (Å²) in [7, 11) is -3.40. The number of nitrogens with zero attached hydrogens (tertiary/aromatic N) is 2. The molecule has 26 heavy (non-hydrogen) atoms. The maximum Gasteiger partial charge on any atom is 0.253 e. The van der Waals surface area contributed by atoms with E-state index in [4.69, 9.17) is 11.6 Å². The Hall–Kier alpha value is -2.06. The Morgan fingerprint density at radius 3 is 2.88 bits per heavy atom. The zero-order valence-corrected chi connectivity index (χ0v) is 16.2. The number of sulfonamides is 1. The van der Waals surface area contributed by atoms with Gasteiger partial charge in [-0.1, -0.05) is 17.7 Å². The van der Waals surface area contributed by atoms with Crippen LogP contribution in [-0.4, -0.2) is 48.8 Å². The average molecular weight is 397 g/mol. The predicted octanol–water partition coefficient (Wildman–Crippen LogP) is 2.76. The lowest BCUT2D eigenvalue weighted by Crippen LogP contribution is -2.39. The van der Waals surface area contributed by atoms with Crippen molar-refractivity contribution in [3.63, 3.8) is 0 Å². The first-order valence-electron chi connectivity index (χ1n) is 8.31. The largest absolute Gasteiger partial charge is 0.338 e. The van der Waals surface area contributed by atoms with Crippen LogP contribution in [0.3, 0.4) is 0 Å². The van der Waals surface area contributed by atoms with Crippen molar-refractivity contribution in [2.24, 2.45) is 0 Å². The second kappa shape index (κ2) is 7.28. The van der Waals surface area contributed by atoms with Gasteiger partial charge in [-0.3, -0.25) is 14.6 Å². The number of carbonyl (C=O) groups excluding carboxylic acids is 1. The van der Waals surface area contributed by atoms with Gasteiger partial charge in [-0.05, 0) is 37.5 Å². The van der Waals surface area contributed by atoms with E-state index in [-0.39, 0.29) is 11.8 Å². The van der Waals surface area contributed by atoms with Crippen molar-refractivity contribution in [2.45, 2.75) is 25.7 Å². The lowest BCUT2D eigenvalue weighted by atomic mass is 9.93. The number of piperidine rings is 1. The third-order valence-corrected chi connectivity index (χ3v) is 5.50. The molecule has 1 saturated heterocycles. The van der Waals surface area contributed by atoms with Gasteiger partial charge in [-0.2, -0.15) is 5.10 Å². The zero-order chi connectivity index (χ0) is 18.9. The molecular weight excluding hydrogens is 376 g/mol. The summed E-state index contributed by atoms with van der Waals surface area (Å²) < 4.78 is 25.5. The summed E-state index contributed by atoms with van der Waals surface area (Å²) in [6, 6.07) is 5.30. The van der Waals surface area contributed by atoms with Crippen LogP contribution in [0, 0.1) is 6.92 Å². The van der Waals surface area contributed by atoms with Crippen molar-refractivity contribution in [3.05, 3.63) is 46.2 Å². The summed E-state index contributed by atoms with van der Waals surface area (Å²) in [5.41, 5.74) is 2.62. The average Bonchev–Trinajstić information content (AvgIpc) is 3.03. The first kappa shape index (κ1) is 18.7. The third kappa shape index (κ3) is 4.19. The van der Waals surface area contributed by atoms with Gasteiger partial charge in [0.05, 0.1) is 23.8 Å². The molecule has 0 aliphatic carbocycles. The summed E-state index contributed by atoms with van der Waals surface area (Å²) in [6.07, 6.45) is 4.23. The Morgan fingerprint density at radius 1 is 1.42 bits per heavy atom. The number of aromatic amines is 1. The van der Waals surface area contributed by atoms with Gasteiger partial charge < -0.3 is 4.90 Å². The molecule has 1 aromatic carbocycles. The number of H-pyrrole nitrogens is 1. The molecule has 2 heterocycles. The summed E-state index contributed by atoms with van der Waals surface area (Å²) in [5.74, 6) is -0.0888. The molecule has 0 bridgehead atoms. The minimum Gasteiger partial charge on any atom is -0.338 e. The maximum atomic E-state index is 12.8. The summed E-state index contributed by atoms with van der Waals surface area (Å²) in [5, 5.41) is 7.40. The fourth-order valence-electron chi connectivity index (χ4n) is 3.19. The van der Waals surface area contributed by atoms with Crippen molar-refractivity contribution in [1.29, 1.82) is 0 Å². The second-order valence-electron chi connectivity index (χ2n) is 6.63. The molecule has 1 aromatic heterocycles. The first-order valence-corrected chi connectivity index (χ1v) is 10.6. The van der Waals surface area contributed by atoms with Gasteiger partial charge in [0, 0.05) is 29.6 Å². The van der Waals surface area contributed by atoms with E-state index in [1.165, 1.54) is 6.20 Å². The highest BCUT2D eigenvalue weighted by molar-refractivity contribution is 7.92. The molecule has 3 rings (SSSR count). The quantitative estimate of drug-likeness (QED) is 0.830. The second-order valence-corrected chi connectivity index (χ2v) is 8.78. The number of amides is 1. The molecule has 0 saturated carbocycles. The maximum absolute atomic E-state index is 12.8. The lowest BCUT2D eigenvalue weighted by molar-refractivity contribution is 0.0706. The first-order chi connectivity index (χ1) is 12.2. The molecule has 1 amide bonds. The highest BCUT2D eigenvalue weighted by Gasteiger charge is 2.28. The van der Waals surface area contributed by atoms with E-state index in [9.17, 15) is 13.2 Å². The van der Waals surface area contributed by atoms with Crippen LogP contribution in [0.25, 0.3) is 0 Å². The van der Waals surface area contributed by atoms with Crippen LogP contribution in [0.1, 0.15) is 40.4 Å². The Balaban J connectivity index is 1.78. The Bertz CT molecular complexity index is 926. The standard InChI is InChI=1S/C17H21ClN4O3S/c1-11-5-6-12(8-14(11)18)17(23)22-7-3-4-13(10-22)16-15(9-19-20-16)21-26(2,24)25/h5-6,8-9,13,21H,3-4,7,10H2,1-2H3,(H,19,20)/t13-/m0/s1. The van der Waals surface area contributed by atoms with Gasteiger partial charge in [-0.25, -0.2) is 8.42 Å². The van der Waals surface area contributed by atoms with Crippen molar-refractivity contribution in [2.75, 3.05) is 24.1 Å². The van der Waals surface area contributed by atoms with Crippen molar-refractivity contribution in [1.82, 2.24) is 15.1 Å². The van der Waals surface area contributed by atoms with E-state index in [0.717, 1.165) is 24.7 Å². The topological polar surface area (TPSA) is 95.2 Å².